The summed E-state index contributed by atoms with van der Waals surface area (Å²) in [5.74, 6) is -0.661. The van der Waals surface area contributed by atoms with E-state index in [4.69, 9.17) is 0 Å². The Bertz CT molecular complexity index is 323. The minimum absolute atomic E-state index is 0.438. The third-order valence-corrected chi connectivity index (χ3v) is 2.18. The van der Waals surface area contributed by atoms with Crippen molar-refractivity contribution in [3.8, 4) is 0 Å². The van der Waals surface area contributed by atoms with Gasteiger partial charge in [0.1, 0.15) is 12.2 Å². The van der Waals surface area contributed by atoms with Crippen molar-refractivity contribution in [3.05, 3.63) is 46.0 Å². The van der Waals surface area contributed by atoms with E-state index in [0.29, 0.717) is 11.8 Å². The highest BCUT2D eigenvalue weighted by atomic mass is 16.6. The summed E-state index contributed by atoms with van der Waals surface area (Å²) in [5.41, 5.74) is 0.687. The first-order valence-corrected chi connectivity index (χ1v) is 4.30. The van der Waals surface area contributed by atoms with Gasteiger partial charge in [0, 0.05) is 11.8 Å². The van der Waals surface area contributed by atoms with Gasteiger partial charge in [0.05, 0.1) is 0 Å². The van der Waals surface area contributed by atoms with E-state index in [1.54, 1.807) is 24.3 Å². The van der Waals surface area contributed by atoms with E-state index in [1.165, 1.54) is 6.92 Å². The van der Waals surface area contributed by atoms with E-state index in [1.807, 2.05) is 6.07 Å². The summed E-state index contributed by atoms with van der Waals surface area (Å²) in [6, 6.07) is 7.90. The summed E-state index contributed by atoms with van der Waals surface area (Å²) >= 11 is 0. The molecule has 1 aromatic carbocycles. The highest BCUT2D eigenvalue weighted by Crippen LogP contribution is 2.18. The molecule has 74 valence electrons. The molecule has 0 N–H and O–H groups in total. The molecule has 0 unspecified atom stereocenters. The van der Waals surface area contributed by atoms with Crippen LogP contribution in [0.2, 0.25) is 0 Å². The molecule has 0 saturated heterocycles. The van der Waals surface area contributed by atoms with Gasteiger partial charge in [-0.05, 0) is 5.56 Å². The zero-order valence-electron chi connectivity index (χ0n) is 7.79. The lowest BCUT2D eigenvalue weighted by Crippen LogP contribution is -2.25. The Morgan fingerprint density at radius 2 is 1.93 bits per heavy atom. The molecule has 0 bridgehead atoms. The number of hydrogen-bond donors (Lipinski definition) is 0. The van der Waals surface area contributed by atoms with E-state index in [9.17, 15) is 14.9 Å². The fraction of sp³-hybridized carbons (Fsp3) is 0.300. The molecule has 1 aromatic rings. The predicted octanol–water partition coefficient (Wildman–Crippen LogP) is 1.63. The van der Waals surface area contributed by atoms with Gasteiger partial charge in [-0.2, -0.15) is 0 Å². The quantitative estimate of drug-likeness (QED) is 0.415. The van der Waals surface area contributed by atoms with Crippen molar-refractivity contribution in [3.63, 3.8) is 0 Å². The SMILES string of the molecule is C[C@H]([C@H](C=O)c1ccccc1)[N+](=O)[O-]. The van der Waals surface area contributed by atoms with Crippen LogP contribution in [0.3, 0.4) is 0 Å². The van der Waals surface area contributed by atoms with Crippen molar-refractivity contribution >= 4 is 6.29 Å². The molecule has 4 nitrogen and oxygen atoms in total. The van der Waals surface area contributed by atoms with Crippen LogP contribution in [0, 0.1) is 10.1 Å². The zero-order valence-corrected chi connectivity index (χ0v) is 7.79. The second kappa shape index (κ2) is 4.50. The fourth-order valence-corrected chi connectivity index (χ4v) is 1.28. The highest BCUT2D eigenvalue weighted by Gasteiger charge is 2.27. The van der Waals surface area contributed by atoms with Crippen molar-refractivity contribution in [2.24, 2.45) is 0 Å². The molecule has 0 aliphatic rings. The Kier molecular flexibility index (Phi) is 3.34. The number of nitro groups is 1. The van der Waals surface area contributed by atoms with Crippen LogP contribution in [0.5, 0.6) is 0 Å². The number of carbonyl (C=O) groups is 1. The summed E-state index contributed by atoms with van der Waals surface area (Å²) < 4.78 is 0. The third-order valence-electron chi connectivity index (χ3n) is 2.18. The number of nitrogens with zero attached hydrogens (tertiary/aromatic N) is 1. The Morgan fingerprint density at radius 1 is 1.36 bits per heavy atom. The molecule has 0 saturated carbocycles. The molecule has 4 heteroatoms. The fourth-order valence-electron chi connectivity index (χ4n) is 1.28. The first kappa shape index (κ1) is 10.4. The van der Waals surface area contributed by atoms with Crippen LogP contribution < -0.4 is 0 Å². The van der Waals surface area contributed by atoms with E-state index >= 15 is 0 Å². The van der Waals surface area contributed by atoms with Gasteiger partial charge in [0.15, 0.2) is 0 Å². The Labute approximate surface area is 81.7 Å². The molecule has 0 aromatic heterocycles. The van der Waals surface area contributed by atoms with Gasteiger partial charge >= 0.3 is 0 Å². The van der Waals surface area contributed by atoms with Crippen LogP contribution in [0.15, 0.2) is 30.3 Å². The largest absolute Gasteiger partial charge is 0.302 e. The predicted molar refractivity (Wildman–Crippen MR) is 51.7 cm³/mol. The summed E-state index contributed by atoms with van der Waals surface area (Å²) in [4.78, 5) is 20.8. The molecule has 0 radical (unpaired) electrons. The van der Waals surface area contributed by atoms with Gasteiger partial charge in [-0.25, -0.2) is 0 Å². The Morgan fingerprint density at radius 3 is 2.36 bits per heavy atom. The maximum atomic E-state index is 10.7. The summed E-state index contributed by atoms with van der Waals surface area (Å²) in [7, 11) is 0. The van der Waals surface area contributed by atoms with Crippen molar-refractivity contribution < 1.29 is 9.72 Å². The third kappa shape index (κ3) is 2.16. The molecule has 0 heterocycles. The zero-order chi connectivity index (χ0) is 10.6. The van der Waals surface area contributed by atoms with E-state index in [-0.39, 0.29) is 0 Å². The van der Waals surface area contributed by atoms with Crippen molar-refractivity contribution in [1.82, 2.24) is 0 Å². The normalized spacial score (nSPS) is 14.4. The van der Waals surface area contributed by atoms with Gasteiger partial charge in [0.25, 0.3) is 0 Å². The number of aldehydes is 1. The molecular formula is C10H11NO3. The molecule has 1 rings (SSSR count). The van der Waals surface area contributed by atoms with Crippen LogP contribution in [0.4, 0.5) is 0 Å². The van der Waals surface area contributed by atoms with Crippen LogP contribution in [0.25, 0.3) is 0 Å². The van der Waals surface area contributed by atoms with Crippen LogP contribution in [0.1, 0.15) is 18.4 Å². The minimum atomic E-state index is -0.880. The Hall–Kier alpha value is -1.71. The molecule has 0 aliphatic heterocycles. The lowest BCUT2D eigenvalue weighted by atomic mass is 9.94. The highest BCUT2D eigenvalue weighted by molar-refractivity contribution is 5.62. The monoisotopic (exact) mass is 193 g/mol. The lowest BCUT2D eigenvalue weighted by Gasteiger charge is -2.11. The minimum Gasteiger partial charge on any atom is -0.302 e. The summed E-state index contributed by atoms with van der Waals surface area (Å²) in [5, 5.41) is 10.5. The second-order valence-corrected chi connectivity index (χ2v) is 3.10. The first-order valence-electron chi connectivity index (χ1n) is 4.30. The molecule has 14 heavy (non-hydrogen) atoms. The van der Waals surface area contributed by atoms with E-state index < -0.39 is 16.9 Å². The number of carbonyl (C=O) groups excluding carboxylic acids is 1. The maximum absolute atomic E-state index is 10.7. The lowest BCUT2D eigenvalue weighted by molar-refractivity contribution is -0.519. The average Bonchev–Trinajstić information content (AvgIpc) is 2.20. The molecule has 0 aliphatic carbocycles. The van der Waals surface area contributed by atoms with Gasteiger partial charge in [-0.15, -0.1) is 0 Å². The van der Waals surface area contributed by atoms with Crippen LogP contribution >= 0.6 is 0 Å². The second-order valence-electron chi connectivity index (χ2n) is 3.10. The van der Waals surface area contributed by atoms with Crippen molar-refractivity contribution in [1.29, 1.82) is 0 Å². The van der Waals surface area contributed by atoms with Gasteiger partial charge < -0.3 is 4.79 Å². The smallest absolute Gasteiger partial charge is 0.223 e. The van der Waals surface area contributed by atoms with Gasteiger partial charge in [-0.1, -0.05) is 30.3 Å². The maximum Gasteiger partial charge on any atom is 0.223 e. The topological polar surface area (TPSA) is 60.2 Å². The molecular weight excluding hydrogens is 182 g/mol. The Balaban J connectivity index is 2.93. The van der Waals surface area contributed by atoms with Gasteiger partial charge in [0.2, 0.25) is 6.04 Å². The van der Waals surface area contributed by atoms with E-state index in [2.05, 4.69) is 0 Å². The first-order chi connectivity index (χ1) is 6.66. The van der Waals surface area contributed by atoms with Gasteiger partial charge in [-0.3, -0.25) is 10.1 Å². The van der Waals surface area contributed by atoms with Crippen LogP contribution in [-0.4, -0.2) is 17.3 Å². The average molecular weight is 193 g/mol. The molecule has 0 fully saturated rings. The summed E-state index contributed by atoms with van der Waals surface area (Å²) in [6.07, 6.45) is 0.628. The molecule has 0 amide bonds. The van der Waals surface area contributed by atoms with Crippen molar-refractivity contribution in [2.75, 3.05) is 0 Å². The standard InChI is InChI=1S/C10H11NO3/c1-8(11(13)14)10(7-12)9-5-3-2-4-6-9/h2-8,10H,1H3/t8-,10+/m1/s1. The number of rotatable bonds is 4. The van der Waals surface area contributed by atoms with Crippen molar-refractivity contribution in [2.45, 2.75) is 18.9 Å². The summed E-state index contributed by atoms with van der Waals surface area (Å²) in [6.45, 7) is 1.44. The molecule has 2 atom stereocenters. The number of hydrogen-bond acceptors (Lipinski definition) is 3. The van der Waals surface area contributed by atoms with E-state index in [0.717, 1.165) is 0 Å². The molecule has 0 spiro atoms. The van der Waals surface area contributed by atoms with Crippen LogP contribution in [-0.2, 0) is 4.79 Å². The number of benzene rings is 1.